The molecule has 0 amide bonds. The lowest BCUT2D eigenvalue weighted by molar-refractivity contribution is 0.00657. The van der Waals surface area contributed by atoms with Crippen LogP contribution in [0.4, 0.5) is 0 Å². The summed E-state index contributed by atoms with van der Waals surface area (Å²) in [5, 5.41) is 11.4. The maximum Gasteiger partial charge on any atom is 0.141 e. The van der Waals surface area contributed by atoms with E-state index in [1.54, 1.807) is 0 Å². The van der Waals surface area contributed by atoms with Gasteiger partial charge in [0.25, 0.3) is 0 Å². The molecular weight excluding hydrogens is 204 g/mol. The minimum atomic E-state index is 0.0112. The first-order chi connectivity index (χ1) is 7.60. The molecule has 4 heteroatoms. The molecule has 0 heterocycles. The largest absolute Gasteiger partial charge is 0.409 e. The van der Waals surface area contributed by atoms with E-state index in [0.29, 0.717) is 6.42 Å². The Balaban J connectivity index is 3.57. The fourth-order valence-electron chi connectivity index (χ4n) is 1.71. The Morgan fingerprint density at radius 1 is 1.25 bits per heavy atom. The van der Waals surface area contributed by atoms with Gasteiger partial charge in [0.1, 0.15) is 5.84 Å². The summed E-state index contributed by atoms with van der Waals surface area (Å²) in [6.45, 7) is 6.23. The van der Waals surface area contributed by atoms with Crippen LogP contribution < -0.4 is 5.73 Å². The third-order valence-corrected chi connectivity index (χ3v) is 2.55. The highest BCUT2D eigenvalue weighted by atomic mass is 16.5. The van der Waals surface area contributed by atoms with Gasteiger partial charge in [-0.1, -0.05) is 37.8 Å². The van der Waals surface area contributed by atoms with Crippen LogP contribution in [-0.2, 0) is 4.74 Å². The second-order valence-electron chi connectivity index (χ2n) is 4.40. The number of nitrogens with two attached hydrogens (primary N) is 1. The van der Waals surface area contributed by atoms with Crippen molar-refractivity contribution in [2.24, 2.45) is 10.9 Å². The average molecular weight is 230 g/mol. The maximum absolute atomic E-state index is 8.43. The van der Waals surface area contributed by atoms with Crippen LogP contribution in [0.3, 0.4) is 0 Å². The standard InChI is InChI=1S/C12H26N2O2/c1-4-5-6-7-8-10(2)16-11(3)9-12(13)14-15/h10-11,15H,4-9H2,1-3H3,(H2,13,14). The number of rotatable bonds is 9. The van der Waals surface area contributed by atoms with Crippen molar-refractivity contribution >= 4 is 5.84 Å². The van der Waals surface area contributed by atoms with Crippen LogP contribution in [0.25, 0.3) is 0 Å². The summed E-state index contributed by atoms with van der Waals surface area (Å²) in [6, 6.07) is 0. The first-order valence-electron chi connectivity index (χ1n) is 6.22. The zero-order chi connectivity index (χ0) is 12.4. The molecule has 0 aliphatic carbocycles. The zero-order valence-corrected chi connectivity index (χ0v) is 10.8. The smallest absolute Gasteiger partial charge is 0.141 e. The summed E-state index contributed by atoms with van der Waals surface area (Å²) in [6.07, 6.45) is 6.87. The van der Waals surface area contributed by atoms with E-state index in [9.17, 15) is 0 Å². The normalized spacial score (nSPS) is 16.1. The molecule has 2 unspecified atom stereocenters. The van der Waals surface area contributed by atoms with Crippen LogP contribution in [0.1, 0.15) is 59.3 Å². The first kappa shape index (κ1) is 15.2. The number of hydrogen-bond donors (Lipinski definition) is 2. The van der Waals surface area contributed by atoms with Crippen LogP contribution in [0.2, 0.25) is 0 Å². The molecule has 0 aromatic rings. The van der Waals surface area contributed by atoms with E-state index in [4.69, 9.17) is 15.7 Å². The number of ether oxygens (including phenoxy) is 1. The Bertz CT molecular complexity index is 195. The van der Waals surface area contributed by atoms with Crippen LogP contribution >= 0.6 is 0 Å². The highest BCUT2D eigenvalue weighted by molar-refractivity contribution is 5.79. The van der Waals surface area contributed by atoms with E-state index in [1.165, 1.54) is 25.7 Å². The lowest BCUT2D eigenvalue weighted by Gasteiger charge is -2.18. The fraction of sp³-hybridized carbons (Fsp3) is 0.917. The predicted octanol–water partition coefficient (Wildman–Crippen LogP) is 2.89. The van der Waals surface area contributed by atoms with Gasteiger partial charge in [-0.2, -0.15) is 0 Å². The molecule has 0 aliphatic heterocycles. The summed E-state index contributed by atoms with van der Waals surface area (Å²) in [5.74, 6) is 0.227. The van der Waals surface area contributed by atoms with E-state index in [0.717, 1.165) is 6.42 Å². The molecule has 0 radical (unpaired) electrons. The summed E-state index contributed by atoms with van der Waals surface area (Å²) in [4.78, 5) is 0. The molecule has 0 saturated carbocycles. The highest BCUT2D eigenvalue weighted by Crippen LogP contribution is 2.11. The molecule has 0 aliphatic rings. The monoisotopic (exact) mass is 230 g/mol. The number of unbranched alkanes of at least 4 members (excludes halogenated alkanes) is 3. The molecule has 16 heavy (non-hydrogen) atoms. The summed E-state index contributed by atoms with van der Waals surface area (Å²) < 4.78 is 5.73. The predicted molar refractivity (Wildman–Crippen MR) is 66.8 cm³/mol. The lowest BCUT2D eigenvalue weighted by Crippen LogP contribution is -2.24. The molecule has 0 bridgehead atoms. The Morgan fingerprint density at radius 3 is 2.50 bits per heavy atom. The summed E-state index contributed by atoms with van der Waals surface area (Å²) >= 11 is 0. The van der Waals surface area contributed by atoms with Gasteiger partial charge >= 0.3 is 0 Å². The van der Waals surface area contributed by atoms with E-state index >= 15 is 0 Å². The van der Waals surface area contributed by atoms with Gasteiger partial charge in [0.05, 0.1) is 12.2 Å². The van der Waals surface area contributed by atoms with Gasteiger partial charge in [0.2, 0.25) is 0 Å². The zero-order valence-electron chi connectivity index (χ0n) is 10.8. The summed E-state index contributed by atoms with van der Waals surface area (Å²) in [5.41, 5.74) is 5.41. The molecule has 0 aromatic carbocycles. The lowest BCUT2D eigenvalue weighted by atomic mass is 10.1. The summed E-state index contributed by atoms with van der Waals surface area (Å²) in [7, 11) is 0. The van der Waals surface area contributed by atoms with Crippen LogP contribution in [0.5, 0.6) is 0 Å². The van der Waals surface area contributed by atoms with Gasteiger partial charge in [-0.15, -0.1) is 0 Å². The second kappa shape index (κ2) is 9.46. The van der Waals surface area contributed by atoms with E-state index < -0.39 is 0 Å². The highest BCUT2D eigenvalue weighted by Gasteiger charge is 2.10. The van der Waals surface area contributed by atoms with Crippen LogP contribution in [0.15, 0.2) is 5.16 Å². The van der Waals surface area contributed by atoms with Crippen molar-refractivity contribution in [3.8, 4) is 0 Å². The fourth-order valence-corrected chi connectivity index (χ4v) is 1.71. The van der Waals surface area contributed by atoms with Gasteiger partial charge < -0.3 is 15.7 Å². The van der Waals surface area contributed by atoms with Gasteiger partial charge in [-0.3, -0.25) is 0 Å². The van der Waals surface area contributed by atoms with Crippen molar-refractivity contribution in [3.05, 3.63) is 0 Å². The third kappa shape index (κ3) is 8.53. The Labute approximate surface area is 98.9 Å². The van der Waals surface area contributed by atoms with E-state index in [-0.39, 0.29) is 18.0 Å². The van der Waals surface area contributed by atoms with Crippen molar-refractivity contribution in [1.29, 1.82) is 0 Å². The topological polar surface area (TPSA) is 67.8 Å². The molecule has 0 aromatic heterocycles. The van der Waals surface area contributed by atoms with Gasteiger partial charge in [0.15, 0.2) is 0 Å². The molecule has 96 valence electrons. The molecular formula is C12H26N2O2. The van der Waals surface area contributed by atoms with E-state index in [2.05, 4.69) is 19.0 Å². The third-order valence-electron chi connectivity index (χ3n) is 2.55. The van der Waals surface area contributed by atoms with Gasteiger partial charge in [-0.05, 0) is 20.3 Å². The molecule has 4 nitrogen and oxygen atoms in total. The molecule has 3 N–H and O–H groups in total. The van der Waals surface area contributed by atoms with Gasteiger partial charge in [0, 0.05) is 6.42 Å². The van der Waals surface area contributed by atoms with Gasteiger partial charge in [-0.25, -0.2) is 0 Å². The minimum absolute atomic E-state index is 0.0112. The quantitative estimate of drug-likeness (QED) is 0.210. The first-order valence-corrected chi connectivity index (χ1v) is 6.22. The molecule has 0 rings (SSSR count). The second-order valence-corrected chi connectivity index (χ2v) is 4.40. The molecule has 0 fully saturated rings. The Morgan fingerprint density at radius 2 is 1.94 bits per heavy atom. The molecule has 2 atom stereocenters. The average Bonchev–Trinajstić information content (AvgIpc) is 2.24. The van der Waals surface area contributed by atoms with E-state index in [1.807, 2.05) is 6.92 Å². The Kier molecular flexibility index (Phi) is 9.00. The van der Waals surface area contributed by atoms with Crippen LogP contribution in [0, 0.1) is 0 Å². The number of hydrogen-bond acceptors (Lipinski definition) is 3. The number of nitrogens with zero attached hydrogens (tertiary/aromatic N) is 1. The van der Waals surface area contributed by atoms with Crippen molar-refractivity contribution in [2.45, 2.75) is 71.5 Å². The van der Waals surface area contributed by atoms with Crippen molar-refractivity contribution < 1.29 is 9.94 Å². The van der Waals surface area contributed by atoms with Crippen molar-refractivity contribution in [2.75, 3.05) is 0 Å². The minimum Gasteiger partial charge on any atom is -0.409 e. The molecule has 0 saturated heterocycles. The number of oxime groups is 1. The maximum atomic E-state index is 8.43. The van der Waals surface area contributed by atoms with Crippen LogP contribution in [-0.4, -0.2) is 23.3 Å². The van der Waals surface area contributed by atoms with Crippen molar-refractivity contribution in [3.63, 3.8) is 0 Å². The number of amidine groups is 1. The SMILES string of the molecule is CCCCCCC(C)OC(C)CC(N)=NO. The van der Waals surface area contributed by atoms with Crippen molar-refractivity contribution in [1.82, 2.24) is 0 Å². The Hall–Kier alpha value is -0.770. The molecule has 0 spiro atoms.